The molecule has 1 aromatic carbocycles. The second-order valence-corrected chi connectivity index (χ2v) is 10.4. The van der Waals surface area contributed by atoms with E-state index >= 15 is 0 Å². The first kappa shape index (κ1) is 30.9. The van der Waals surface area contributed by atoms with Crippen molar-refractivity contribution in [3.05, 3.63) is 64.9 Å². The van der Waals surface area contributed by atoms with Crippen molar-refractivity contribution in [2.75, 3.05) is 20.2 Å². The standard InChI is InChI=1S/C29H37ClN4O6/c1-34(15-12-21-10-13-31-14-11-21)29(38)40-20-25(18-35)32-27(36)26(17-22-6-3-2-4-7-22)33-28(37)39-19-23-8-5-9-24(30)16-23/h5,8-11,13-14,16,18,22,25-26H,2-4,6-7,12,15,17,19-20H2,1H3,(H,32,36)(H,33,37)/t25-,26+/m1/s1. The number of carbonyl (C=O) groups excluding carboxylic acids is 4. The predicted octanol–water partition coefficient (Wildman–Crippen LogP) is 4.30. The summed E-state index contributed by atoms with van der Waals surface area (Å²) in [5, 5.41) is 5.77. The van der Waals surface area contributed by atoms with Crippen LogP contribution < -0.4 is 10.6 Å². The molecule has 0 spiro atoms. The van der Waals surface area contributed by atoms with E-state index in [0.29, 0.717) is 36.3 Å². The molecule has 3 amide bonds. The molecule has 40 heavy (non-hydrogen) atoms. The molecule has 0 aliphatic heterocycles. The Bertz CT molecular complexity index is 1110. The van der Waals surface area contributed by atoms with Crippen LogP contribution in [0.3, 0.4) is 0 Å². The van der Waals surface area contributed by atoms with Crippen LogP contribution in [0.4, 0.5) is 9.59 Å². The highest BCUT2D eigenvalue weighted by Crippen LogP contribution is 2.27. The quantitative estimate of drug-likeness (QED) is 0.343. The summed E-state index contributed by atoms with van der Waals surface area (Å²) in [5.74, 6) is -0.274. The number of benzene rings is 1. The predicted molar refractivity (Wildman–Crippen MR) is 150 cm³/mol. The number of nitrogens with one attached hydrogen (secondary N) is 2. The van der Waals surface area contributed by atoms with Gasteiger partial charge in [-0.3, -0.25) is 9.78 Å². The van der Waals surface area contributed by atoms with Crippen LogP contribution in [0.1, 0.15) is 49.7 Å². The van der Waals surface area contributed by atoms with Crippen LogP contribution in [-0.2, 0) is 32.1 Å². The Morgan fingerprint density at radius 2 is 1.82 bits per heavy atom. The third-order valence-electron chi connectivity index (χ3n) is 6.84. The Morgan fingerprint density at radius 3 is 2.52 bits per heavy atom. The normalized spacial score (nSPS) is 14.8. The van der Waals surface area contributed by atoms with Gasteiger partial charge < -0.3 is 29.8 Å². The van der Waals surface area contributed by atoms with Gasteiger partial charge >= 0.3 is 12.2 Å². The van der Waals surface area contributed by atoms with Crippen molar-refractivity contribution in [1.82, 2.24) is 20.5 Å². The molecule has 1 aliphatic carbocycles. The van der Waals surface area contributed by atoms with Gasteiger partial charge in [0.2, 0.25) is 5.91 Å². The van der Waals surface area contributed by atoms with E-state index < -0.39 is 30.2 Å². The number of likely N-dealkylation sites (N-methyl/N-ethyl adjacent to an activating group) is 1. The number of aromatic nitrogens is 1. The van der Waals surface area contributed by atoms with Crippen molar-refractivity contribution in [2.45, 2.75) is 63.6 Å². The van der Waals surface area contributed by atoms with Gasteiger partial charge in [-0.05, 0) is 54.2 Å². The third kappa shape index (κ3) is 10.8. The maximum atomic E-state index is 13.2. The Labute approximate surface area is 239 Å². The molecule has 2 N–H and O–H groups in total. The number of alkyl carbamates (subject to hydrolysis) is 1. The van der Waals surface area contributed by atoms with E-state index in [9.17, 15) is 19.2 Å². The SMILES string of the molecule is CN(CCc1ccncc1)C(=O)OC[C@@H](C=O)NC(=O)[C@H](CC1CCCCC1)NC(=O)OCc1cccc(Cl)c1. The zero-order valence-electron chi connectivity index (χ0n) is 22.7. The highest BCUT2D eigenvalue weighted by atomic mass is 35.5. The van der Waals surface area contributed by atoms with Crippen molar-refractivity contribution in [3.63, 3.8) is 0 Å². The fourth-order valence-electron chi connectivity index (χ4n) is 4.55. The number of hydrogen-bond donors (Lipinski definition) is 2. The molecule has 0 radical (unpaired) electrons. The summed E-state index contributed by atoms with van der Waals surface area (Å²) >= 11 is 5.99. The highest BCUT2D eigenvalue weighted by Gasteiger charge is 2.28. The molecule has 1 heterocycles. The van der Waals surface area contributed by atoms with E-state index in [1.807, 2.05) is 12.1 Å². The summed E-state index contributed by atoms with van der Waals surface area (Å²) < 4.78 is 10.6. The first-order valence-electron chi connectivity index (χ1n) is 13.5. The van der Waals surface area contributed by atoms with Crippen molar-refractivity contribution >= 4 is 36.0 Å². The summed E-state index contributed by atoms with van der Waals surface area (Å²) in [6.45, 7) is 0.0699. The zero-order chi connectivity index (χ0) is 28.7. The van der Waals surface area contributed by atoms with Crippen molar-refractivity contribution in [3.8, 4) is 0 Å². The largest absolute Gasteiger partial charge is 0.447 e. The summed E-state index contributed by atoms with van der Waals surface area (Å²) in [6.07, 6.45) is 8.76. The number of amides is 3. The number of rotatable bonds is 13. The van der Waals surface area contributed by atoms with Gasteiger partial charge in [0.05, 0.1) is 0 Å². The lowest BCUT2D eigenvalue weighted by Gasteiger charge is -2.27. The Balaban J connectivity index is 1.51. The molecule has 0 saturated heterocycles. The van der Waals surface area contributed by atoms with Crippen LogP contribution in [0, 0.1) is 5.92 Å². The van der Waals surface area contributed by atoms with Crippen LogP contribution in [0.25, 0.3) is 0 Å². The van der Waals surface area contributed by atoms with Crippen LogP contribution in [0.2, 0.25) is 5.02 Å². The molecule has 3 rings (SSSR count). The summed E-state index contributed by atoms with van der Waals surface area (Å²) in [4.78, 5) is 55.2. The third-order valence-corrected chi connectivity index (χ3v) is 7.07. The van der Waals surface area contributed by atoms with Crippen LogP contribution >= 0.6 is 11.6 Å². The van der Waals surface area contributed by atoms with Crippen LogP contribution in [0.15, 0.2) is 48.8 Å². The summed E-state index contributed by atoms with van der Waals surface area (Å²) in [7, 11) is 1.59. The number of hydrogen-bond acceptors (Lipinski definition) is 7. The van der Waals surface area contributed by atoms with Crippen molar-refractivity contribution in [1.29, 1.82) is 0 Å². The molecule has 11 heteroatoms. The second kappa shape index (κ2) is 16.4. The minimum absolute atomic E-state index is 0.00818. The highest BCUT2D eigenvalue weighted by molar-refractivity contribution is 6.30. The molecule has 1 aromatic heterocycles. The number of pyridine rings is 1. The fraction of sp³-hybridized carbons (Fsp3) is 0.483. The first-order chi connectivity index (χ1) is 19.3. The topological polar surface area (TPSA) is 127 Å². The van der Waals surface area contributed by atoms with Gasteiger partial charge in [0.25, 0.3) is 0 Å². The van der Waals surface area contributed by atoms with E-state index in [0.717, 1.165) is 37.7 Å². The van der Waals surface area contributed by atoms with Gasteiger partial charge in [-0.2, -0.15) is 0 Å². The van der Waals surface area contributed by atoms with Gasteiger partial charge in [-0.25, -0.2) is 9.59 Å². The Kier molecular flexibility index (Phi) is 12.7. The average molecular weight is 573 g/mol. The lowest BCUT2D eigenvalue weighted by molar-refractivity contribution is -0.126. The lowest BCUT2D eigenvalue weighted by atomic mass is 9.84. The number of ether oxygens (including phenoxy) is 2. The molecular weight excluding hydrogens is 536 g/mol. The van der Waals surface area contributed by atoms with E-state index in [-0.39, 0.29) is 19.1 Å². The second-order valence-electron chi connectivity index (χ2n) is 10.00. The molecule has 1 fully saturated rings. The molecular formula is C29H37ClN4O6. The number of halogens is 1. The van der Waals surface area contributed by atoms with Crippen LogP contribution in [0.5, 0.6) is 0 Å². The van der Waals surface area contributed by atoms with Gasteiger partial charge in [-0.1, -0.05) is 55.8 Å². The molecule has 10 nitrogen and oxygen atoms in total. The average Bonchev–Trinajstić information content (AvgIpc) is 2.97. The zero-order valence-corrected chi connectivity index (χ0v) is 23.5. The fourth-order valence-corrected chi connectivity index (χ4v) is 4.77. The van der Waals surface area contributed by atoms with E-state index in [1.165, 1.54) is 4.90 Å². The molecule has 2 aromatic rings. The summed E-state index contributed by atoms with van der Waals surface area (Å²) in [6, 6.07) is 8.69. The molecule has 2 atom stereocenters. The lowest BCUT2D eigenvalue weighted by Crippen LogP contribution is -2.52. The van der Waals surface area contributed by atoms with Gasteiger partial charge in [0.15, 0.2) is 0 Å². The van der Waals surface area contributed by atoms with Gasteiger partial charge in [-0.15, -0.1) is 0 Å². The van der Waals surface area contributed by atoms with E-state index in [1.54, 1.807) is 43.7 Å². The van der Waals surface area contributed by atoms with Gasteiger partial charge in [0.1, 0.15) is 31.6 Å². The van der Waals surface area contributed by atoms with Gasteiger partial charge in [0, 0.05) is 31.0 Å². The smallest absolute Gasteiger partial charge is 0.409 e. The maximum Gasteiger partial charge on any atom is 0.409 e. The molecule has 216 valence electrons. The summed E-state index contributed by atoms with van der Waals surface area (Å²) in [5.41, 5.74) is 1.74. The number of aldehydes is 1. The van der Waals surface area contributed by atoms with Crippen molar-refractivity contribution in [2.24, 2.45) is 5.92 Å². The molecule has 0 bridgehead atoms. The number of carbonyl (C=O) groups is 4. The van der Waals surface area contributed by atoms with Crippen molar-refractivity contribution < 1.29 is 28.7 Å². The molecule has 0 unspecified atom stereocenters. The minimum Gasteiger partial charge on any atom is -0.447 e. The maximum absolute atomic E-state index is 13.2. The van der Waals surface area contributed by atoms with E-state index in [2.05, 4.69) is 15.6 Å². The number of nitrogens with zero attached hydrogens (tertiary/aromatic N) is 2. The monoisotopic (exact) mass is 572 g/mol. The first-order valence-corrected chi connectivity index (χ1v) is 13.9. The Hall–Kier alpha value is -3.66. The Morgan fingerprint density at radius 1 is 1.07 bits per heavy atom. The van der Waals surface area contributed by atoms with Crippen LogP contribution in [-0.4, -0.2) is 66.5 Å². The minimum atomic E-state index is -1.07. The van der Waals surface area contributed by atoms with E-state index in [4.69, 9.17) is 21.1 Å². The molecule has 1 saturated carbocycles. The molecule has 1 aliphatic rings.